The number of ether oxygens (including phenoxy) is 2. The maximum atomic E-state index is 13.4. The molecule has 0 aromatic heterocycles. The lowest BCUT2D eigenvalue weighted by Crippen LogP contribution is -2.63. The smallest absolute Gasteiger partial charge is 0.303 e. The molecule has 0 aliphatic heterocycles. The third kappa shape index (κ3) is 3.19. The van der Waals surface area contributed by atoms with Crippen LogP contribution < -0.4 is 0 Å². The summed E-state index contributed by atoms with van der Waals surface area (Å²) in [6.07, 6.45) is 7.38. The van der Waals surface area contributed by atoms with Crippen molar-refractivity contribution in [3.8, 4) is 0 Å². The summed E-state index contributed by atoms with van der Waals surface area (Å²) in [6.45, 7) is 6.08. The minimum atomic E-state index is -1.43. The summed E-state index contributed by atoms with van der Waals surface area (Å²) in [7, 11) is 0. The summed E-state index contributed by atoms with van der Waals surface area (Å²) < 4.78 is 10.8. The zero-order valence-corrected chi connectivity index (χ0v) is 19.2. The van der Waals surface area contributed by atoms with Gasteiger partial charge in [0.05, 0.1) is 6.10 Å². The number of fused-ring (bicyclic) bond motifs is 5. The molecular formula is C25H32O7. The van der Waals surface area contributed by atoms with Gasteiger partial charge in [-0.1, -0.05) is 25.5 Å². The fraction of sp³-hybridized carbons (Fsp3) is 0.680. The Labute approximate surface area is 188 Å². The number of carbonyl (C=O) groups is 4. The van der Waals surface area contributed by atoms with Gasteiger partial charge in [-0.15, -0.1) is 0 Å². The largest absolute Gasteiger partial charge is 0.458 e. The predicted molar refractivity (Wildman–Crippen MR) is 114 cm³/mol. The standard InChI is InChI=1S/C25H32O7/c1-14(26)31-13-21(30)25(32-15(2)27)10-8-19-18-6-5-16-11-17(28)7-9-23(16,3)22(18)20(29)12-24(19,25)4/h7,9,11,18-20,22,29H,5-6,8,10,12-13H2,1-4H3/t18-,19+,20+,22-,23+,24+,25+/m1/s1. The molecule has 1 N–H and O–H groups in total. The van der Waals surface area contributed by atoms with E-state index in [1.165, 1.54) is 13.8 Å². The van der Waals surface area contributed by atoms with Crippen molar-refractivity contribution in [2.45, 2.75) is 71.5 Å². The Morgan fingerprint density at radius 3 is 2.53 bits per heavy atom. The molecule has 0 spiro atoms. The maximum absolute atomic E-state index is 13.4. The van der Waals surface area contributed by atoms with Gasteiger partial charge in [0.1, 0.15) is 0 Å². The number of ketones is 2. The van der Waals surface area contributed by atoms with Crippen molar-refractivity contribution in [2.24, 2.45) is 28.6 Å². The SMILES string of the molecule is CC(=O)OCC(=O)[C@@]1(OC(C)=O)CC[C@H]2[C@H]3CCC4=CC(=O)C=C[C@]4(C)[C@H]3[C@@H](O)C[C@@]21C. The Morgan fingerprint density at radius 2 is 1.88 bits per heavy atom. The lowest BCUT2D eigenvalue weighted by Gasteiger charge is -2.59. The van der Waals surface area contributed by atoms with E-state index in [1.807, 2.05) is 13.0 Å². The summed E-state index contributed by atoms with van der Waals surface area (Å²) in [6, 6.07) is 0. The number of hydrogen-bond acceptors (Lipinski definition) is 7. The van der Waals surface area contributed by atoms with Gasteiger partial charge in [0.15, 0.2) is 18.0 Å². The van der Waals surface area contributed by atoms with Crippen LogP contribution in [0.1, 0.15) is 59.8 Å². The molecule has 174 valence electrons. The summed E-state index contributed by atoms with van der Waals surface area (Å²) in [5.74, 6) is -1.49. The average molecular weight is 445 g/mol. The Morgan fingerprint density at radius 1 is 1.16 bits per heavy atom. The maximum Gasteiger partial charge on any atom is 0.303 e. The molecule has 0 aromatic carbocycles. The highest BCUT2D eigenvalue weighted by atomic mass is 16.6. The third-order valence-electron chi connectivity index (χ3n) is 8.79. The van der Waals surface area contributed by atoms with Crippen LogP contribution in [0.3, 0.4) is 0 Å². The molecule has 0 saturated heterocycles. The molecule has 0 heterocycles. The zero-order chi connectivity index (χ0) is 23.5. The van der Waals surface area contributed by atoms with Crippen LogP contribution in [-0.4, -0.2) is 46.9 Å². The van der Waals surface area contributed by atoms with E-state index < -0.39 is 46.9 Å². The Kier molecular flexibility index (Phi) is 5.47. The van der Waals surface area contributed by atoms with E-state index >= 15 is 0 Å². The van der Waals surface area contributed by atoms with Gasteiger partial charge in [-0.2, -0.15) is 0 Å². The van der Waals surface area contributed by atoms with Gasteiger partial charge >= 0.3 is 11.9 Å². The van der Waals surface area contributed by atoms with Gasteiger partial charge in [0, 0.05) is 30.6 Å². The highest BCUT2D eigenvalue weighted by Gasteiger charge is 2.70. The lowest BCUT2D eigenvalue weighted by atomic mass is 9.46. The van der Waals surface area contributed by atoms with E-state index in [9.17, 15) is 24.3 Å². The average Bonchev–Trinajstić information content (AvgIpc) is 2.98. The number of esters is 2. The summed E-state index contributed by atoms with van der Waals surface area (Å²) in [4.78, 5) is 48.8. The lowest BCUT2D eigenvalue weighted by molar-refractivity contribution is -0.199. The van der Waals surface area contributed by atoms with Crippen LogP contribution in [0.4, 0.5) is 0 Å². The molecule has 0 aromatic rings. The van der Waals surface area contributed by atoms with E-state index in [-0.39, 0.29) is 23.5 Å². The van der Waals surface area contributed by atoms with Crippen LogP contribution in [0.15, 0.2) is 23.8 Å². The monoisotopic (exact) mass is 444 g/mol. The molecule has 7 atom stereocenters. The van der Waals surface area contributed by atoms with Crippen molar-refractivity contribution in [3.05, 3.63) is 23.8 Å². The minimum absolute atomic E-state index is 0.0168. The number of rotatable bonds is 4. The van der Waals surface area contributed by atoms with Crippen molar-refractivity contribution < 1.29 is 33.8 Å². The van der Waals surface area contributed by atoms with Crippen LogP contribution in [0, 0.1) is 28.6 Å². The number of allylic oxidation sites excluding steroid dienone is 4. The molecule has 3 fully saturated rings. The van der Waals surface area contributed by atoms with Crippen molar-refractivity contribution >= 4 is 23.5 Å². The number of Topliss-reactive ketones (excluding diaryl/α,β-unsaturated/α-hetero) is 1. The van der Waals surface area contributed by atoms with Crippen molar-refractivity contribution in [2.75, 3.05) is 6.61 Å². The van der Waals surface area contributed by atoms with Crippen molar-refractivity contribution in [3.63, 3.8) is 0 Å². The quantitative estimate of drug-likeness (QED) is 0.664. The van der Waals surface area contributed by atoms with Crippen LogP contribution in [-0.2, 0) is 28.7 Å². The Balaban J connectivity index is 1.73. The third-order valence-corrected chi connectivity index (χ3v) is 8.79. The molecule has 4 rings (SSSR count). The van der Waals surface area contributed by atoms with Crippen LogP contribution in [0.5, 0.6) is 0 Å². The first-order valence-electron chi connectivity index (χ1n) is 11.4. The van der Waals surface area contributed by atoms with Crippen molar-refractivity contribution in [1.82, 2.24) is 0 Å². The molecule has 0 bridgehead atoms. The fourth-order valence-electron chi connectivity index (χ4n) is 7.53. The molecular weight excluding hydrogens is 412 g/mol. The number of aliphatic hydroxyl groups excluding tert-OH is 1. The number of hydrogen-bond donors (Lipinski definition) is 1. The molecule has 7 heteroatoms. The summed E-state index contributed by atoms with van der Waals surface area (Å²) >= 11 is 0. The zero-order valence-electron chi connectivity index (χ0n) is 19.2. The molecule has 0 radical (unpaired) electrons. The second-order valence-corrected chi connectivity index (χ2v) is 10.4. The Hall–Kier alpha value is -2.28. The molecule has 0 unspecified atom stereocenters. The Bertz CT molecular complexity index is 933. The van der Waals surface area contributed by atoms with Crippen molar-refractivity contribution in [1.29, 1.82) is 0 Å². The molecule has 0 amide bonds. The normalized spacial score (nSPS) is 42.3. The summed E-state index contributed by atoms with van der Waals surface area (Å²) in [5, 5.41) is 11.5. The molecule has 7 nitrogen and oxygen atoms in total. The highest BCUT2D eigenvalue weighted by Crippen LogP contribution is 2.67. The first-order chi connectivity index (χ1) is 14.9. The van der Waals surface area contributed by atoms with E-state index in [0.29, 0.717) is 19.3 Å². The second kappa shape index (κ2) is 7.65. The van der Waals surface area contributed by atoms with Gasteiger partial charge in [0.25, 0.3) is 0 Å². The van der Waals surface area contributed by atoms with Crippen LogP contribution in [0.25, 0.3) is 0 Å². The van der Waals surface area contributed by atoms with Gasteiger partial charge in [-0.3, -0.25) is 19.2 Å². The van der Waals surface area contributed by atoms with Gasteiger partial charge in [0.2, 0.25) is 5.78 Å². The van der Waals surface area contributed by atoms with Crippen LogP contribution in [0.2, 0.25) is 0 Å². The molecule has 3 saturated carbocycles. The van der Waals surface area contributed by atoms with E-state index in [2.05, 4.69) is 6.92 Å². The molecule has 32 heavy (non-hydrogen) atoms. The van der Waals surface area contributed by atoms with E-state index in [4.69, 9.17) is 9.47 Å². The predicted octanol–water partition coefficient (Wildman–Crippen LogP) is 2.70. The van der Waals surface area contributed by atoms with Gasteiger partial charge < -0.3 is 14.6 Å². The van der Waals surface area contributed by atoms with Gasteiger partial charge in [-0.05, 0) is 56.1 Å². The minimum Gasteiger partial charge on any atom is -0.458 e. The second-order valence-electron chi connectivity index (χ2n) is 10.4. The first-order valence-corrected chi connectivity index (χ1v) is 11.4. The van der Waals surface area contributed by atoms with E-state index in [0.717, 1.165) is 18.4 Å². The van der Waals surface area contributed by atoms with E-state index in [1.54, 1.807) is 12.2 Å². The topological polar surface area (TPSA) is 107 Å². The number of aliphatic hydroxyl groups is 1. The summed E-state index contributed by atoms with van der Waals surface area (Å²) in [5.41, 5.74) is -1.56. The highest BCUT2D eigenvalue weighted by molar-refractivity contribution is 6.01. The fourth-order valence-corrected chi connectivity index (χ4v) is 7.53. The molecule has 4 aliphatic rings. The van der Waals surface area contributed by atoms with Crippen LogP contribution >= 0.6 is 0 Å². The number of carbonyl (C=O) groups excluding carboxylic acids is 4. The first kappa shape index (κ1) is 22.9. The van der Waals surface area contributed by atoms with Gasteiger partial charge in [-0.25, -0.2) is 0 Å². The molecule has 4 aliphatic carbocycles.